The van der Waals surface area contributed by atoms with E-state index in [-0.39, 0.29) is 5.43 Å². The van der Waals surface area contributed by atoms with Gasteiger partial charge in [-0.2, -0.15) is 5.10 Å². The summed E-state index contributed by atoms with van der Waals surface area (Å²) in [5.41, 5.74) is 0.423. The minimum absolute atomic E-state index is 0.0733. The number of H-pyrrole nitrogens is 2. The molecule has 0 atom stereocenters. The maximum Gasteiger partial charge on any atom is 0.192 e. The molecule has 0 saturated heterocycles. The van der Waals surface area contributed by atoms with E-state index in [1.54, 1.807) is 12.4 Å². The molecule has 0 fully saturated rings. The van der Waals surface area contributed by atoms with Crippen LogP contribution in [0.2, 0.25) is 0 Å². The zero-order valence-electron chi connectivity index (χ0n) is 8.45. The minimum Gasteiger partial charge on any atom is -0.367 e. The molecule has 2 rings (SSSR count). The van der Waals surface area contributed by atoms with Gasteiger partial charge < -0.3 is 4.98 Å². The lowest BCUT2D eigenvalue weighted by molar-refractivity contribution is 0.841. The second-order valence-electron chi connectivity index (χ2n) is 3.28. The Morgan fingerprint density at radius 1 is 1.47 bits per heavy atom. The first-order valence-electron chi connectivity index (χ1n) is 4.90. The van der Waals surface area contributed by atoms with E-state index in [1.807, 2.05) is 0 Å². The fourth-order valence-corrected chi connectivity index (χ4v) is 1.36. The van der Waals surface area contributed by atoms with Gasteiger partial charge in [-0.25, -0.2) is 4.98 Å². The SMILES string of the molecule is CCCc1nc(-c2c[nH]ccc2=O)n[nH]1. The number of nitrogens with one attached hydrogen (secondary N) is 2. The number of hydrogen-bond acceptors (Lipinski definition) is 3. The van der Waals surface area contributed by atoms with Crippen LogP contribution in [0.5, 0.6) is 0 Å². The number of rotatable bonds is 3. The average molecular weight is 204 g/mol. The lowest BCUT2D eigenvalue weighted by Gasteiger charge is -1.91. The average Bonchev–Trinajstić information content (AvgIpc) is 2.68. The molecule has 2 heterocycles. The normalized spacial score (nSPS) is 10.5. The van der Waals surface area contributed by atoms with Crippen molar-refractivity contribution in [3.05, 3.63) is 34.5 Å². The second-order valence-corrected chi connectivity index (χ2v) is 3.28. The second kappa shape index (κ2) is 4.08. The summed E-state index contributed by atoms with van der Waals surface area (Å²) in [6.45, 7) is 2.07. The predicted octanol–water partition coefficient (Wildman–Crippen LogP) is 1.11. The molecule has 15 heavy (non-hydrogen) atoms. The van der Waals surface area contributed by atoms with Gasteiger partial charge >= 0.3 is 0 Å². The van der Waals surface area contributed by atoms with Gasteiger partial charge in [0, 0.05) is 24.9 Å². The number of aromatic nitrogens is 4. The van der Waals surface area contributed by atoms with E-state index in [4.69, 9.17) is 0 Å². The number of aromatic amines is 2. The van der Waals surface area contributed by atoms with Crippen molar-refractivity contribution < 1.29 is 0 Å². The fourth-order valence-electron chi connectivity index (χ4n) is 1.36. The van der Waals surface area contributed by atoms with E-state index >= 15 is 0 Å². The third kappa shape index (κ3) is 1.96. The molecule has 0 aliphatic heterocycles. The Morgan fingerprint density at radius 2 is 2.33 bits per heavy atom. The first kappa shape index (κ1) is 9.64. The highest BCUT2D eigenvalue weighted by Crippen LogP contribution is 2.08. The van der Waals surface area contributed by atoms with Gasteiger partial charge in [-0.05, 0) is 6.42 Å². The van der Waals surface area contributed by atoms with Crippen LogP contribution in [0.4, 0.5) is 0 Å². The van der Waals surface area contributed by atoms with Gasteiger partial charge in [0.25, 0.3) is 0 Å². The summed E-state index contributed by atoms with van der Waals surface area (Å²) in [4.78, 5) is 18.6. The van der Waals surface area contributed by atoms with E-state index in [1.165, 1.54) is 6.07 Å². The topological polar surface area (TPSA) is 74.4 Å². The standard InChI is InChI=1S/C10H12N4O/c1-2-3-9-12-10(14-13-9)7-6-11-5-4-8(7)15/h4-6H,2-3H2,1H3,(H,11,15)(H,12,13,14). The van der Waals surface area contributed by atoms with Crippen LogP contribution in [-0.2, 0) is 6.42 Å². The van der Waals surface area contributed by atoms with Gasteiger partial charge in [0.05, 0.1) is 5.56 Å². The quantitative estimate of drug-likeness (QED) is 0.786. The molecule has 0 unspecified atom stereocenters. The highest BCUT2D eigenvalue weighted by atomic mass is 16.1. The molecule has 0 spiro atoms. The molecule has 2 aromatic heterocycles. The van der Waals surface area contributed by atoms with Crippen molar-refractivity contribution in [3.63, 3.8) is 0 Å². The molecule has 0 bridgehead atoms. The maximum absolute atomic E-state index is 11.5. The van der Waals surface area contributed by atoms with E-state index in [9.17, 15) is 4.79 Å². The molecule has 78 valence electrons. The van der Waals surface area contributed by atoms with Crippen LogP contribution in [0.25, 0.3) is 11.4 Å². The maximum atomic E-state index is 11.5. The minimum atomic E-state index is -0.0733. The monoisotopic (exact) mass is 204 g/mol. The Bertz CT molecular complexity index is 500. The summed E-state index contributed by atoms with van der Waals surface area (Å²) in [6.07, 6.45) is 5.05. The lowest BCUT2D eigenvalue weighted by atomic mass is 10.2. The summed E-state index contributed by atoms with van der Waals surface area (Å²) < 4.78 is 0. The highest BCUT2D eigenvalue weighted by molar-refractivity contribution is 5.52. The van der Waals surface area contributed by atoms with Crippen LogP contribution < -0.4 is 5.43 Å². The van der Waals surface area contributed by atoms with Crippen LogP contribution in [0.1, 0.15) is 19.2 Å². The van der Waals surface area contributed by atoms with Crippen LogP contribution in [0.15, 0.2) is 23.3 Å². The fraction of sp³-hybridized carbons (Fsp3) is 0.300. The van der Waals surface area contributed by atoms with Crippen LogP contribution in [0.3, 0.4) is 0 Å². The molecule has 2 N–H and O–H groups in total. The molecule has 0 radical (unpaired) electrons. The van der Waals surface area contributed by atoms with Crippen molar-refractivity contribution in [2.75, 3.05) is 0 Å². The summed E-state index contributed by atoms with van der Waals surface area (Å²) in [7, 11) is 0. The third-order valence-corrected chi connectivity index (χ3v) is 2.08. The summed E-state index contributed by atoms with van der Waals surface area (Å²) in [6, 6.07) is 1.46. The van der Waals surface area contributed by atoms with E-state index in [0.29, 0.717) is 11.4 Å². The number of hydrogen-bond donors (Lipinski definition) is 2. The highest BCUT2D eigenvalue weighted by Gasteiger charge is 2.07. The van der Waals surface area contributed by atoms with Gasteiger partial charge in [0.2, 0.25) is 0 Å². The third-order valence-electron chi connectivity index (χ3n) is 2.08. The molecule has 0 aromatic carbocycles. The zero-order valence-corrected chi connectivity index (χ0v) is 8.45. The van der Waals surface area contributed by atoms with Crippen molar-refractivity contribution >= 4 is 0 Å². The molecular weight excluding hydrogens is 192 g/mol. The van der Waals surface area contributed by atoms with E-state index in [0.717, 1.165) is 18.7 Å². The lowest BCUT2D eigenvalue weighted by Crippen LogP contribution is -2.03. The van der Waals surface area contributed by atoms with Gasteiger partial charge in [0.1, 0.15) is 5.82 Å². The molecule has 0 saturated carbocycles. The van der Waals surface area contributed by atoms with Crippen LogP contribution >= 0.6 is 0 Å². The van der Waals surface area contributed by atoms with Crippen molar-refractivity contribution in [1.29, 1.82) is 0 Å². The molecule has 0 amide bonds. The van der Waals surface area contributed by atoms with Gasteiger partial charge in [0.15, 0.2) is 11.3 Å². The van der Waals surface area contributed by atoms with Crippen LogP contribution in [-0.4, -0.2) is 20.2 Å². The Labute approximate surface area is 86.6 Å². The zero-order chi connectivity index (χ0) is 10.7. The van der Waals surface area contributed by atoms with Crippen molar-refractivity contribution in [3.8, 4) is 11.4 Å². The first-order valence-corrected chi connectivity index (χ1v) is 4.90. The Morgan fingerprint density at radius 3 is 3.07 bits per heavy atom. The molecule has 0 aliphatic rings. The summed E-state index contributed by atoms with van der Waals surface area (Å²) in [5, 5.41) is 6.83. The molecule has 0 aliphatic carbocycles. The molecular formula is C10H12N4O. The Kier molecular flexibility index (Phi) is 2.62. The summed E-state index contributed by atoms with van der Waals surface area (Å²) >= 11 is 0. The largest absolute Gasteiger partial charge is 0.367 e. The summed E-state index contributed by atoms with van der Waals surface area (Å²) in [5.74, 6) is 1.27. The predicted molar refractivity (Wildman–Crippen MR) is 56.4 cm³/mol. The molecule has 5 nitrogen and oxygen atoms in total. The molecule has 5 heteroatoms. The van der Waals surface area contributed by atoms with E-state index in [2.05, 4.69) is 27.1 Å². The van der Waals surface area contributed by atoms with E-state index < -0.39 is 0 Å². The van der Waals surface area contributed by atoms with Crippen molar-refractivity contribution in [1.82, 2.24) is 20.2 Å². The van der Waals surface area contributed by atoms with Crippen molar-refractivity contribution in [2.24, 2.45) is 0 Å². The van der Waals surface area contributed by atoms with Crippen molar-refractivity contribution in [2.45, 2.75) is 19.8 Å². The molecule has 2 aromatic rings. The van der Waals surface area contributed by atoms with Gasteiger partial charge in [-0.15, -0.1) is 0 Å². The first-order chi connectivity index (χ1) is 7.31. The van der Waals surface area contributed by atoms with Gasteiger partial charge in [-0.3, -0.25) is 9.89 Å². The number of aryl methyl sites for hydroxylation is 1. The number of pyridine rings is 1. The van der Waals surface area contributed by atoms with Crippen LogP contribution in [0, 0.1) is 0 Å². The Balaban J connectivity index is 2.38. The number of nitrogens with zero attached hydrogens (tertiary/aromatic N) is 2. The van der Waals surface area contributed by atoms with Gasteiger partial charge in [-0.1, -0.05) is 6.92 Å². The smallest absolute Gasteiger partial charge is 0.192 e. The Hall–Kier alpha value is -1.91.